The quantitative estimate of drug-likeness (QED) is 0.217. The van der Waals surface area contributed by atoms with Crippen LogP contribution in [0, 0.1) is 0 Å². The fraction of sp³-hybridized carbons (Fsp3) is 0.156. The van der Waals surface area contributed by atoms with Crippen LogP contribution >= 0.6 is 23.2 Å². The zero-order valence-corrected chi connectivity index (χ0v) is 24.0. The van der Waals surface area contributed by atoms with Crippen molar-refractivity contribution in [1.29, 1.82) is 0 Å². The lowest BCUT2D eigenvalue weighted by Gasteiger charge is -2.31. The number of imidazole rings is 1. The zero-order valence-electron chi connectivity index (χ0n) is 22.5. The molecule has 1 atom stereocenters. The van der Waals surface area contributed by atoms with Crippen molar-refractivity contribution in [2.24, 2.45) is 7.05 Å². The van der Waals surface area contributed by atoms with E-state index in [9.17, 15) is 9.90 Å². The summed E-state index contributed by atoms with van der Waals surface area (Å²) >= 11 is 12.7. The Labute approximate surface area is 247 Å². The molecule has 1 aromatic carbocycles. The summed E-state index contributed by atoms with van der Waals surface area (Å²) in [5.74, 6) is 0. The number of H-pyrrole nitrogens is 1. The third-order valence-corrected chi connectivity index (χ3v) is 7.79. The molecular formula is C32H29Cl2N5O2. The van der Waals surface area contributed by atoms with Crippen LogP contribution in [-0.4, -0.2) is 29.4 Å². The van der Waals surface area contributed by atoms with E-state index in [0.717, 1.165) is 11.3 Å². The van der Waals surface area contributed by atoms with E-state index in [2.05, 4.69) is 21.6 Å². The number of allylic oxidation sites excluding steroid dienone is 8. The topological polar surface area (TPSA) is 88.7 Å². The highest BCUT2D eigenvalue weighted by atomic mass is 35.5. The van der Waals surface area contributed by atoms with E-state index in [0.29, 0.717) is 57.6 Å². The Kier molecular flexibility index (Phi) is 8.40. The Morgan fingerprint density at radius 2 is 2.17 bits per heavy atom. The van der Waals surface area contributed by atoms with Gasteiger partial charge in [-0.2, -0.15) is 5.10 Å². The van der Waals surface area contributed by atoms with Crippen LogP contribution in [0.2, 0.25) is 5.02 Å². The monoisotopic (exact) mass is 585 g/mol. The lowest BCUT2D eigenvalue weighted by molar-refractivity contribution is 0.116. The largest absolute Gasteiger partial charge is 0.374 e. The molecule has 0 fully saturated rings. The molecule has 0 bridgehead atoms. The minimum atomic E-state index is -1.59. The van der Waals surface area contributed by atoms with E-state index in [4.69, 9.17) is 23.2 Å². The maximum atomic E-state index is 13.2. The number of rotatable bonds is 9. The fourth-order valence-electron chi connectivity index (χ4n) is 5.06. The lowest BCUT2D eigenvalue weighted by Crippen LogP contribution is -2.31. The van der Waals surface area contributed by atoms with Crippen LogP contribution in [0.5, 0.6) is 0 Å². The van der Waals surface area contributed by atoms with Gasteiger partial charge in [-0.1, -0.05) is 71.8 Å². The van der Waals surface area contributed by atoms with E-state index in [1.807, 2.05) is 55.8 Å². The number of aliphatic hydroxyl groups is 1. The zero-order chi connectivity index (χ0) is 29.0. The molecule has 3 heterocycles. The van der Waals surface area contributed by atoms with Crippen molar-refractivity contribution in [3.63, 3.8) is 0 Å². The van der Waals surface area contributed by atoms with Crippen molar-refractivity contribution in [3.8, 4) is 0 Å². The van der Waals surface area contributed by atoms with E-state index < -0.39 is 5.60 Å². The summed E-state index contributed by atoms with van der Waals surface area (Å²) in [5.41, 5.74) is 4.25. The Morgan fingerprint density at radius 3 is 2.88 bits per heavy atom. The average molecular weight is 587 g/mol. The predicted octanol–water partition coefficient (Wildman–Crippen LogP) is 6.57. The summed E-state index contributed by atoms with van der Waals surface area (Å²) in [7, 11) is 1.82. The molecule has 0 radical (unpaired) electrons. The normalized spacial score (nSPS) is 15.6. The Balaban J connectivity index is 1.60. The van der Waals surface area contributed by atoms with Crippen molar-refractivity contribution < 1.29 is 5.11 Å². The molecule has 1 aliphatic carbocycles. The molecule has 3 aromatic heterocycles. The van der Waals surface area contributed by atoms with Gasteiger partial charge in [0.2, 0.25) is 0 Å². The van der Waals surface area contributed by atoms with Gasteiger partial charge in [-0.05, 0) is 54.3 Å². The summed E-state index contributed by atoms with van der Waals surface area (Å²) in [6.45, 7) is 3.96. The first-order valence-corrected chi connectivity index (χ1v) is 13.9. The standard InChI is InChI=1S/C32H29Cl2N5O2/c1-3-23(9-4-5-15-33)32(41,29-20-35-21-38(29)2)24-12-14-28-26(19-24)30(34)27(31(40)37-28)18-22-8-6-10-25(13-11-22)39-17-7-16-36-39/h3,5-7,9-17,19-21,41H,1,4,8,18H2,2H3,(H,37,40)/b15-5+,23-9+. The molecule has 0 amide bonds. The average Bonchev–Trinajstić information content (AvgIpc) is 3.61. The molecular weight excluding hydrogens is 557 g/mol. The molecule has 5 rings (SSSR count). The van der Waals surface area contributed by atoms with Crippen molar-refractivity contribution in [1.82, 2.24) is 24.3 Å². The van der Waals surface area contributed by atoms with Gasteiger partial charge >= 0.3 is 0 Å². The maximum absolute atomic E-state index is 13.2. The van der Waals surface area contributed by atoms with Gasteiger partial charge in [-0.25, -0.2) is 9.67 Å². The fourth-order valence-corrected chi connectivity index (χ4v) is 5.47. The molecule has 0 spiro atoms. The number of fused-ring (bicyclic) bond motifs is 1. The Hall–Kier alpha value is -4.17. The molecule has 0 saturated carbocycles. The minimum Gasteiger partial charge on any atom is -0.374 e. The smallest absolute Gasteiger partial charge is 0.253 e. The van der Waals surface area contributed by atoms with Crippen LogP contribution < -0.4 is 5.56 Å². The van der Waals surface area contributed by atoms with Crippen LogP contribution in [0.25, 0.3) is 16.6 Å². The molecule has 9 heteroatoms. The van der Waals surface area contributed by atoms with Crippen molar-refractivity contribution in [2.75, 3.05) is 0 Å². The molecule has 1 unspecified atom stereocenters. The van der Waals surface area contributed by atoms with Gasteiger partial charge in [-0.15, -0.1) is 0 Å². The number of hydrogen-bond donors (Lipinski definition) is 2. The highest BCUT2D eigenvalue weighted by Crippen LogP contribution is 2.39. The predicted molar refractivity (Wildman–Crippen MR) is 166 cm³/mol. The highest BCUT2D eigenvalue weighted by molar-refractivity contribution is 6.36. The van der Waals surface area contributed by atoms with Gasteiger partial charge in [0.1, 0.15) is 0 Å². The van der Waals surface area contributed by atoms with Crippen LogP contribution in [0.1, 0.15) is 29.7 Å². The maximum Gasteiger partial charge on any atom is 0.253 e. The first-order chi connectivity index (χ1) is 19.9. The third-order valence-electron chi connectivity index (χ3n) is 7.18. The second kappa shape index (κ2) is 12.1. The summed E-state index contributed by atoms with van der Waals surface area (Å²) in [6.07, 6.45) is 21.7. The highest BCUT2D eigenvalue weighted by Gasteiger charge is 2.37. The van der Waals surface area contributed by atoms with E-state index in [-0.39, 0.29) is 5.56 Å². The van der Waals surface area contributed by atoms with E-state index in [1.54, 1.807) is 52.3 Å². The number of aromatic amines is 1. The van der Waals surface area contributed by atoms with Gasteiger partial charge in [0, 0.05) is 47.9 Å². The van der Waals surface area contributed by atoms with Gasteiger partial charge in [0.25, 0.3) is 5.56 Å². The van der Waals surface area contributed by atoms with E-state index in [1.165, 1.54) is 5.54 Å². The van der Waals surface area contributed by atoms with Gasteiger partial charge in [0.15, 0.2) is 5.60 Å². The first kappa shape index (κ1) is 28.4. The molecule has 7 nitrogen and oxygen atoms in total. The van der Waals surface area contributed by atoms with Crippen LogP contribution in [0.3, 0.4) is 0 Å². The summed E-state index contributed by atoms with van der Waals surface area (Å²) in [4.78, 5) is 20.4. The third kappa shape index (κ3) is 5.57. The number of halogens is 2. The Bertz CT molecular complexity index is 1810. The van der Waals surface area contributed by atoms with E-state index >= 15 is 0 Å². The second-order valence-corrected chi connectivity index (χ2v) is 10.3. The summed E-state index contributed by atoms with van der Waals surface area (Å²) < 4.78 is 3.55. The van der Waals surface area contributed by atoms with Crippen molar-refractivity contribution in [3.05, 3.63) is 147 Å². The molecule has 41 heavy (non-hydrogen) atoms. The number of aryl methyl sites for hydroxylation is 1. The summed E-state index contributed by atoms with van der Waals surface area (Å²) in [6, 6.07) is 7.22. The Morgan fingerprint density at radius 1 is 1.32 bits per heavy atom. The SMILES string of the molecule is C=C/C(=C\C/C=C/Cl)C(O)(c1ccc2[nH]c(=O)c(CC3=CC=C(n4cccn4)C=CC3)c(Cl)c2c1)c1cncn1C. The molecule has 208 valence electrons. The number of pyridine rings is 1. The molecule has 1 aliphatic rings. The van der Waals surface area contributed by atoms with Crippen LogP contribution in [-0.2, 0) is 19.1 Å². The van der Waals surface area contributed by atoms with Gasteiger partial charge < -0.3 is 14.7 Å². The number of benzene rings is 1. The molecule has 2 N–H and O–H groups in total. The number of nitrogens with one attached hydrogen (secondary N) is 1. The first-order valence-electron chi connectivity index (χ1n) is 13.1. The lowest BCUT2D eigenvalue weighted by atomic mass is 9.82. The van der Waals surface area contributed by atoms with Crippen LogP contribution in [0.4, 0.5) is 0 Å². The van der Waals surface area contributed by atoms with Crippen LogP contribution in [0.15, 0.2) is 120 Å². The molecule has 0 saturated heterocycles. The molecule has 0 aliphatic heterocycles. The van der Waals surface area contributed by atoms with Gasteiger partial charge in [0.05, 0.1) is 28.9 Å². The van der Waals surface area contributed by atoms with Crippen molar-refractivity contribution in [2.45, 2.75) is 24.9 Å². The summed E-state index contributed by atoms with van der Waals surface area (Å²) in [5, 5.41) is 17.6. The number of hydrogen-bond acceptors (Lipinski definition) is 4. The van der Waals surface area contributed by atoms with Crippen molar-refractivity contribution >= 4 is 39.8 Å². The second-order valence-electron chi connectivity index (χ2n) is 9.72. The number of aromatic nitrogens is 5. The number of nitrogens with zero attached hydrogens (tertiary/aromatic N) is 4. The van der Waals surface area contributed by atoms with Gasteiger partial charge in [-0.3, -0.25) is 4.79 Å². The minimum absolute atomic E-state index is 0.248. The molecule has 4 aromatic rings.